The Hall–Kier alpha value is -2.60. The molecule has 6 nitrogen and oxygen atoms in total. The van der Waals surface area contributed by atoms with Crippen molar-refractivity contribution in [2.24, 2.45) is 0 Å². The second-order valence-corrected chi connectivity index (χ2v) is 6.50. The Bertz CT molecular complexity index is 813. The first-order chi connectivity index (χ1) is 12.2. The van der Waals surface area contributed by atoms with Crippen molar-refractivity contribution >= 4 is 17.6 Å². The van der Waals surface area contributed by atoms with Crippen LogP contribution >= 0.6 is 0 Å². The number of hydrogen-bond acceptors (Lipinski definition) is 5. The molecule has 2 aliphatic rings. The van der Waals surface area contributed by atoms with E-state index in [1.54, 1.807) is 4.90 Å². The molecule has 25 heavy (non-hydrogen) atoms. The predicted molar refractivity (Wildman–Crippen MR) is 91.6 cm³/mol. The van der Waals surface area contributed by atoms with E-state index in [4.69, 9.17) is 4.42 Å². The maximum Gasteiger partial charge on any atom is 0.341 e. The molecule has 1 aromatic carbocycles. The number of carbonyl (C=O) groups is 2. The van der Waals surface area contributed by atoms with E-state index in [-0.39, 0.29) is 17.2 Å². The number of benzene rings is 1. The average Bonchev–Trinajstić information content (AvgIpc) is 3.26. The maximum absolute atomic E-state index is 13.1. The number of ether oxygens (including phenoxy) is 1. The molecule has 2 aliphatic heterocycles. The van der Waals surface area contributed by atoms with Crippen LogP contribution in [0, 0.1) is 0 Å². The van der Waals surface area contributed by atoms with Crippen LogP contribution in [-0.4, -0.2) is 43.0 Å². The van der Waals surface area contributed by atoms with Crippen molar-refractivity contribution in [2.45, 2.75) is 25.4 Å². The number of carbonyl (C=O) groups excluding carboxylic acids is 2. The number of nitrogens with zero attached hydrogens (tertiary/aromatic N) is 2. The minimum absolute atomic E-state index is 0.154. The van der Waals surface area contributed by atoms with E-state index in [0.717, 1.165) is 37.2 Å². The number of fused-ring (bicyclic) bond motifs is 2. The molecule has 0 radical (unpaired) electrons. The third kappa shape index (κ3) is 2.82. The van der Waals surface area contributed by atoms with Gasteiger partial charge in [-0.15, -0.1) is 0 Å². The number of furan rings is 1. The van der Waals surface area contributed by atoms with Crippen LogP contribution in [0.3, 0.4) is 0 Å². The number of methoxy groups -OCH3 is 1. The van der Waals surface area contributed by atoms with Gasteiger partial charge in [0.15, 0.2) is 5.76 Å². The highest BCUT2D eigenvalue weighted by Crippen LogP contribution is 2.32. The van der Waals surface area contributed by atoms with Gasteiger partial charge in [0, 0.05) is 30.9 Å². The molecule has 1 fully saturated rings. The third-order valence-electron chi connectivity index (χ3n) is 5.02. The number of para-hydroxylation sites is 1. The maximum atomic E-state index is 13.1. The summed E-state index contributed by atoms with van der Waals surface area (Å²) in [4.78, 5) is 28.9. The molecule has 0 bridgehead atoms. The molecule has 1 atom stereocenters. The highest BCUT2D eigenvalue weighted by atomic mass is 16.5. The lowest BCUT2D eigenvalue weighted by Gasteiger charge is -2.25. The summed E-state index contributed by atoms with van der Waals surface area (Å²) in [5, 5.41) is 0. The van der Waals surface area contributed by atoms with Crippen LogP contribution in [0.5, 0.6) is 0 Å². The number of anilines is 1. The van der Waals surface area contributed by atoms with Crippen molar-refractivity contribution in [3.63, 3.8) is 0 Å². The first kappa shape index (κ1) is 15.9. The van der Waals surface area contributed by atoms with Crippen LogP contribution in [-0.2, 0) is 11.3 Å². The summed E-state index contributed by atoms with van der Waals surface area (Å²) >= 11 is 0. The van der Waals surface area contributed by atoms with E-state index < -0.39 is 5.97 Å². The lowest BCUT2D eigenvalue weighted by atomic mass is 10.1. The SMILES string of the molecule is COC(=O)c1coc(C(=O)N2C[C@@H]3CCCN3Cc3ccccc32)c1. The van der Waals surface area contributed by atoms with Gasteiger partial charge in [-0.25, -0.2) is 4.79 Å². The molecule has 1 amide bonds. The minimum atomic E-state index is -0.513. The molecular weight excluding hydrogens is 320 g/mol. The molecule has 2 aromatic rings. The van der Waals surface area contributed by atoms with Gasteiger partial charge in [-0.1, -0.05) is 18.2 Å². The van der Waals surface area contributed by atoms with Gasteiger partial charge in [0.2, 0.25) is 0 Å². The zero-order chi connectivity index (χ0) is 17.4. The summed E-state index contributed by atoms with van der Waals surface area (Å²) in [7, 11) is 1.30. The number of amides is 1. The standard InChI is InChI=1S/C19H20N2O4/c1-24-19(23)14-9-17(25-12-14)18(22)21-11-15-6-4-8-20(15)10-13-5-2-3-7-16(13)21/h2-3,5,7,9,12,15H,4,6,8,10-11H2,1H3/t15-/m0/s1. The summed E-state index contributed by atoms with van der Waals surface area (Å²) in [6.45, 7) is 2.55. The van der Waals surface area contributed by atoms with Crippen LogP contribution in [0.1, 0.15) is 39.3 Å². The summed E-state index contributed by atoms with van der Waals surface area (Å²) in [5.41, 5.74) is 2.30. The van der Waals surface area contributed by atoms with Crippen molar-refractivity contribution in [3.05, 3.63) is 53.5 Å². The molecule has 6 heteroatoms. The van der Waals surface area contributed by atoms with Gasteiger partial charge in [-0.3, -0.25) is 9.69 Å². The van der Waals surface area contributed by atoms with Gasteiger partial charge >= 0.3 is 5.97 Å². The molecule has 4 rings (SSSR count). The number of esters is 1. The van der Waals surface area contributed by atoms with E-state index in [9.17, 15) is 9.59 Å². The van der Waals surface area contributed by atoms with Gasteiger partial charge in [-0.05, 0) is 31.0 Å². The molecule has 3 heterocycles. The van der Waals surface area contributed by atoms with Crippen LogP contribution in [0.4, 0.5) is 5.69 Å². The molecule has 0 saturated carbocycles. The largest absolute Gasteiger partial charge is 0.465 e. The molecular formula is C19H20N2O4. The molecule has 0 aliphatic carbocycles. The fourth-order valence-corrected chi connectivity index (χ4v) is 3.74. The molecule has 1 aromatic heterocycles. The Morgan fingerprint density at radius 3 is 2.96 bits per heavy atom. The topological polar surface area (TPSA) is 63.0 Å². The van der Waals surface area contributed by atoms with Gasteiger partial charge in [0.05, 0.1) is 12.7 Å². The third-order valence-corrected chi connectivity index (χ3v) is 5.02. The summed E-state index contributed by atoms with van der Waals surface area (Å²) < 4.78 is 10.0. The molecule has 130 valence electrons. The van der Waals surface area contributed by atoms with Crippen molar-refractivity contribution in [1.82, 2.24) is 4.90 Å². The van der Waals surface area contributed by atoms with Gasteiger partial charge in [0.25, 0.3) is 5.91 Å². The van der Waals surface area contributed by atoms with Crippen molar-refractivity contribution in [1.29, 1.82) is 0 Å². The average molecular weight is 340 g/mol. The normalized spacial score (nSPS) is 19.9. The quantitative estimate of drug-likeness (QED) is 0.787. The van der Waals surface area contributed by atoms with E-state index in [1.807, 2.05) is 18.2 Å². The van der Waals surface area contributed by atoms with Gasteiger partial charge in [-0.2, -0.15) is 0 Å². The molecule has 0 N–H and O–H groups in total. The molecule has 0 unspecified atom stereocenters. The second-order valence-electron chi connectivity index (χ2n) is 6.50. The van der Waals surface area contributed by atoms with Crippen LogP contribution in [0.2, 0.25) is 0 Å². The van der Waals surface area contributed by atoms with E-state index in [1.165, 1.54) is 19.4 Å². The van der Waals surface area contributed by atoms with Crippen LogP contribution < -0.4 is 4.90 Å². The van der Waals surface area contributed by atoms with Crippen LogP contribution in [0.15, 0.2) is 41.0 Å². The smallest absolute Gasteiger partial charge is 0.341 e. The molecule has 0 spiro atoms. The predicted octanol–water partition coefficient (Wildman–Crippen LogP) is 2.69. The summed E-state index contributed by atoms with van der Waals surface area (Å²) in [6.07, 6.45) is 3.51. The van der Waals surface area contributed by atoms with E-state index >= 15 is 0 Å². The van der Waals surface area contributed by atoms with Crippen LogP contribution in [0.25, 0.3) is 0 Å². The Labute approximate surface area is 146 Å². The minimum Gasteiger partial charge on any atom is -0.465 e. The van der Waals surface area contributed by atoms with Crippen molar-refractivity contribution < 1.29 is 18.7 Å². The monoisotopic (exact) mass is 340 g/mol. The second kappa shape index (κ2) is 6.37. The summed E-state index contributed by atoms with van der Waals surface area (Å²) in [5.74, 6) is -0.584. The zero-order valence-corrected chi connectivity index (χ0v) is 14.1. The first-order valence-electron chi connectivity index (χ1n) is 8.48. The van der Waals surface area contributed by atoms with Crippen molar-refractivity contribution in [3.8, 4) is 0 Å². The highest BCUT2D eigenvalue weighted by molar-refractivity contribution is 6.06. The Kier molecular flexibility index (Phi) is 4.05. The fourth-order valence-electron chi connectivity index (χ4n) is 3.74. The number of rotatable bonds is 2. The first-order valence-corrected chi connectivity index (χ1v) is 8.48. The number of hydrogen-bond donors (Lipinski definition) is 0. The molecule has 1 saturated heterocycles. The van der Waals surface area contributed by atoms with Gasteiger partial charge in [0.1, 0.15) is 6.26 Å². The van der Waals surface area contributed by atoms with E-state index in [2.05, 4.69) is 15.7 Å². The Morgan fingerprint density at radius 1 is 1.28 bits per heavy atom. The van der Waals surface area contributed by atoms with E-state index in [0.29, 0.717) is 12.6 Å². The lowest BCUT2D eigenvalue weighted by molar-refractivity contribution is 0.0600. The Balaban J connectivity index is 1.69. The lowest BCUT2D eigenvalue weighted by Crippen LogP contribution is -2.40. The summed E-state index contributed by atoms with van der Waals surface area (Å²) in [6, 6.07) is 9.79. The van der Waals surface area contributed by atoms with Gasteiger partial charge < -0.3 is 14.1 Å². The van der Waals surface area contributed by atoms with Crippen molar-refractivity contribution in [2.75, 3.05) is 25.1 Å². The zero-order valence-electron chi connectivity index (χ0n) is 14.1. The fraction of sp³-hybridized carbons (Fsp3) is 0.368. The highest BCUT2D eigenvalue weighted by Gasteiger charge is 2.34. The Morgan fingerprint density at radius 2 is 2.12 bits per heavy atom.